The first-order valence-electron chi connectivity index (χ1n) is 6.90. The maximum absolute atomic E-state index is 11.7. The molecule has 2 rings (SSSR count). The van der Waals surface area contributed by atoms with Gasteiger partial charge in [0.25, 0.3) is 0 Å². The van der Waals surface area contributed by atoms with Crippen LogP contribution >= 0.6 is 0 Å². The van der Waals surface area contributed by atoms with Crippen LogP contribution in [0.3, 0.4) is 0 Å². The van der Waals surface area contributed by atoms with E-state index in [1.807, 2.05) is 0 Å². The molecule has 2 heterocycles. The van der Waals surface area contributed by atoms with Gasteiger partial charge in [0.15, 0.2) is 0 Å². The van der Waals surface area contributed by atoms with E-state index in [-0.39, 0.29) is 11.8 Å². The standard InChI is InChI=1S/C13H22N2O3/c16-12-5-4-11(13(17)18)10-15(12)9-8-14-6-2-1-3-7-14/h11H,1-10H2,(H,17,18). The average Bonchev–Trinajstić information content (AvgIpc) is 2.38. The van der Waals surface area contributed by atoms with Gasteiger partial charge in [-0.05, 0) is 32.4 Å². The molecular formula is C13H22N2O3. The van der Waals surface area contributed by atoms with Gasteiger partial charge in [-0.2, -0.15) is 0 Å². The van der Waals surface area contributed by atoms with Gasteiger partial charge in [0.2, 0.25) is 5.91 Å². The molecule has 2 saturated heterocycles. The highest BCUT2D eigenvalue weighted by atomic mass is 16.4. The quantitative estimate of drug-likeness (QED) is 0.806. The number of likely N-dealkylation sites (tertiary alicyclic amines) is 2. The van der Waals surface area contributed by atoms with Gasteiger partial charge in [0, 0.05) is 26.1 Å². The minimum absolute atomic E-state index is 0.115. The van der Waals surface area contributed by atoms with Gasteiger partial charge in [-0.25, -0.2) is 0 Å². The highest BCUT2D eigenvalue weighted by molar-refractivity contribution is 5.80. The summed E-state index contributed by atoms with van der Waals surface area (Å²) in [5.41, 5.74) is 0. The molecule has 0 bridgehead atoms. The molecule has 5 heteroatoms. The van der Waals surface area contributed by atoms with E-state index in [0.29, 0.717) is 25.9 Å². The molecule has 2 fully saturated rings. The Hall–Kier alpha value is -1.10. The Bertz CT molecular complexity index is 313. The van der Waals surface area contributed by atoms with E-state index in [1.165, 1.54) is 19.3 Å². The molecule has 0 aromatic carbocycles. The van der Waals surface area contributed by atoms with Crippen molar-refractivity contribution in [1.29, 1.82) is 0 Å². The number of amides is 1. The van der Waals surface area contributed by atoms with E-state index < -0.39 is 5.97 Å². The Morgan fingerprint density at radius 2 is 1.94 bits per heavy atom. The lowest BCUT2D eigenvalue weighted by Gasteiger charge is -2.33. The summed E-state index contributed by atoms with van der Waals surface area (Å²) in [5, 5.41) is 9.01. The average molecular weight is 254 g/mol. The number of hydrogen-bond donors (Lipinski definition) is 1. The fourth-order valence-corrected chi connectivity index (χ4v) is 2.78. The van der Waals surface area contributed by atoms with Crippen LogP contribution in [-0.2, 0) is 9.59 Å². The molecule has 0 radical (unpaired) electrons. The van der Waals surface area contributed by atoms with Gasteiger partial charge >= 0.3 is 5.97 Å². The number of carboxylic acids is 1. The van der Waals surface area contributed by atoms with Crippen LogP contribution in [0.5, 0.6) is 0 Å². The summed E-state index contributed by atoms with van der Waals surface area (Å²) < 4.78 is 0. The molecule has 2 aliphatic rings. The molecule has 5 nitrogen and oxygen atoms in total. The van der Waals surface area contributed by atoms with Crippen LogP contribution in [0.2, 0.25) is 0 Å². The van der Waals surface area contributed by atoms with Crippen LogP contribution in [0.1, 0.15) is 32.1 Å². The van der Waals surface area contributed by atoms with Crippen molar-refractivity contribution in [3.8, 4) is 0 Å². The highest BCUT2D eigenvalue weighted by Gasteiger charge is 2.29. The van der Waals surface area contributed by atoms with Gasteiger partial charge < -0.3 is 14.9 Å². The van der Waals surface area contributed by atoms with Crippen molar-refractivity contribution in [1.82, 2.24) is 9.80 Å². The molecule has 1 unspecified atom stereocenters. The molecule has 0 spiro atoms. The third-order valence-electron chi connectivity index (χ3n) is 3.98. The fraction of sp³-hybridized carbons (Fsp3) is 0.846. The third kappa shape index (κ3) is 3.45. The molecular weight excluding hydrogens is 232 g/mol. The van der Waals surface area contributed by atoms with E-state index in [1.54, 1.807) is 4.90 Å². The second-order valence-corrected chi connectivity index (χ2v) is 5.32. The predicted molar refractivity (Wildman–Crippen MR) is 67.2 cm³/mol. The third-order valence-corrected chi connectivity index (χ3v) is 3.98. The lowest BCUT2D eigenvalue weighted by atomic mass is 9.98. The second-order valence-electron chi connectivity index (χ2n) is 5.32. The zero-order valence-corrected chi connectivity index (χ0v) is 10.8. The molecule has 1 amide bonds. The molecule has 1 N–H and O–H groups in total. The van der Waals surface area contributed by atoms with Crippen molar-refractivity contribution < 1.29 is 14.7 Å². The van der Waals surface area contributed by atoms with E-state index in [9.17, 15) is 9.59 Å². The van der Waals surface area contributed by atoms with Crippen molar-refractivity contribution in [3.05, 3.63) is 0 Å². The maximum Gasteiger partial charge on any atom is 0.308 e. The summed E-state index contributed by atoms with van der Waals surface area (Å²) in [6.45, 7) is 4.19. The summed E-state index contributed by atoms with van der Waals surface area (Å²) in [6, 6.07) is 0. The smallest absolute Gasteiger partial charge is 0.308 e. The minimum Gasteiger partial charge on any atom is -0.481 e. The maximum atomic E-state index is 11.7. The zero-order chi connectivity index (χ0) is 13.0. The Morgan fingerprint density at radius 3 is 2.61 bits per heavy atom. The summed E-state index contributed by atoms with van der Waals surface area (Å²) >= 11 is 0. The first kappa shape index (κ1) is 13.3. The Labute approximate surface area is 108 Å². The Morgan fingerprint density at radius 1 is 1.22 bits per heavy atom. The molecule has 1 atom stereocenters. The number of rotatable bonds is 4. The van der Waals surface area contributed by atoms with E-state index >= 15 is 0 Å². The number of piperidine rings is 2. The first-order chi connectivity index (χ1) is 8.66. The van der Waals surface area contributed by atoms with Crippen LogP contribution in [0.4, 0.5) is 0 Å². The van der Waals surface area contributed by atoms with Crippen molar-refractivity contribution >= 4 is 11.9 Å². The normalized spacial score (nSPS) is 26.3. The van der Waals surface area contributed by atoms with Gasteiger partial charge in [-0.15, -0.1) is 0 Å². The zero-order valence-electron chi connectivity index (χ0n) is 10.8. The number of carbonyl (C=O) groups is 2. The van der Waals surface area contributed by atoms with Crippen LogP contribution in [0.15, 0.2) is 0 Å². The predicted octanol–water partition coefficient (Wildman–Crippen LogP) is 0.795. The molecule has 0 aromatic rings. The summed E-state index contributed by atoms with van der Waals surface area (Å²) in [4.78, 5) is 26.8. The van der Waals surface area contributed by atoms with Crippen LogP contribution < -0.4 is 0 Å². The van der Waals surface area contributed by atoms with Gasteiger partial charge in [0.05, 0.1) is 5.92 Å². The first-order valence-corrected chi connectivity index (χ1v) is 6.90. The number of carboxylic acid groups (broad SMARTS) is 1. The summed E-state index contributed by atoms with van der Waals surface area (Å²) in [6.07, 6.45) is 4.67. The van der Waals surface area contributed by atoms with Crippen molar-refractivity contribution in [2.24, 2.45) is 5.92 Å². The fourth-order valence-electron chi connectivity index (χ4n) is 2.78. The van der Waals surface area contributed by atoms with Crippen LogP contribution in [0.25, 0.3) is 0 Å². The van der Waals surface area contributed by atoms with E-state index in [2.05, 4.69) is 4.90 Å². The molecule has 0 aromatic heterocycles. The van der Waals surface area contributed by atoms with Crippen molar-refractivity contribution in [3.63, 3.8) is 0 Å². The summed E-state index contributed by atoms with van der Waals surface area (Å²) in [5.74, 6) is -1.03. The Kier molecular flexibility index (Phi) is 4.58. The van der Waals surface area contributed by atoms with Crippen molar-refractivity contribution in [2.45, 2.75) is 32.1 Å². The van der Waals surface area contributed by atoms with Gasteiger partial charge in [-0.3, -0.25) is 9.59 Å². The monoisotopic (exact) mass is 254 g/mol. The number of carbonyl (C=O) groups excluding carboxylic acids is 1. The lowest BCUT2D eigenvalue weighted by Crippen LogP contribution is -2.46. The molecule has 2 aliphatic heterocycles. The molecule has 0 saturated carbocycles. The molecule has 0 aliphatic carbocycles. The van der Waals surface area contributed by atoms with E-state index in [4.69, 9.17) is 5.11 Å². The summed E-state index contributed by atoms with van der Waals surface area (Å²) in [7, 11) is 0. The second kappa shape index (κ2) is 6.18. The van der Waals surface area contributed by atoms with Crippen LogP contribution in [0, 0.1) is 5.92 Å². The van der Waals surface area contributed by atoms with E-state index in [0.717, 1.165) is 19.6 Å². The number of nitrogens with zero attached hydrogens (tertiary/aromatic N) is 2. The lowest BCUT2D eigenvalue weighted by molar-refractivity contribution is -0.147. The number of aliphatic carboxylic acids is 1. The van der Waals surface area contributed by atoms with Gasteiger partial charge in [-0.1, -0.05) is 6.42 Å². The van der Waals surface area contributed by atoms with Crippen LogP contribution in [-0.4, -0.2) is 59.5 Å². The molecule has 102 valence electrons. The highest BCUT2D eigenvalue weighted by Crippen LogP contribution is 2.18. The SMILES string of the molecule is O=C(O)C1CCC(=O)N(CCN2CCCCC2)C1. The van der Waals surface area contributed by atoms with Crippen molar-refractivity contribution in [2.75, 3.05) is 32.7 Å². The number of hydrogen-bond acceptors (Lipinski definition) is 3. The largest absolute Gasteiger partial charge is 0.481 e. The molecule has 18 heavy (non-hydrogen) atoms. The van der Waals surface area contributed by atoms with Gasteiger partial charge in [0.1, 0.15) is 0 Å². The topological polar surface area (TPSA) is 60.9 Å². The Balaban J connectivity index is 1.79. The minimum atomic E-state index is -0.773.